The van der Waals surface area contributed by atoms with E-state index in [2.05, 4.69) is 10.3 Å². The predicted octanol–water partition coefficient (Wildman–Crippen LogP) is 1.28. The zero-order valence-corrected chi connectivity index (χ0v) is 11.5. The van der Waals surface area contributed by atoms with Crippen LogP contribution in [0.4, 0.5) is 0 Å². The van der Waals surface area contributed by atoms with Crippen molar-refractivity contribution < 1.29 is 14.7 Å². The Bertz CT molecular complexity index is 445. The third-order valence-electron chi connectivity index (χ3n) is 3.85. The van der Waals surface area contributed by atoms with E-state index in [1.54, 1.807) is 12.5 Å². The monoisotopic (exact) mass is 279 g/mol. The number of aliphatic carboxylic acids is 1. The summed E-state index contributed by atoms with van der Waals surface area (Å²) in [4.78, 5) is 26.7. The number of unbranched alkanes of at least 4 members (excludes halogenated alkanes) is 1. The molecular weight excluding hydrogens is 258 g/mol. The standard InChI is InChI=1S/C14H21N3O3/c18-13(11-3-4-12(9-11)14(19)20)16-5-1-2-7-17-8-6-15-10-17/h6,8,10-12H,1-5,7,9H2,(H,16,18)(H,19,20). The molecule has 2 unspecified atom stereocenters. The minimum Gasteiger partial charge on any atom is -0.481 e. The van der Waals surface area contributed by atoms with Crippen LogP contribution in [0.5, 0.6) is 0 Å². The lowest BCUT2D eigenvalue weighted by atomic mass is 10.0. The fraction of sp³-hybridized carbons (Fsp3) is 0.643. The zero-order valence-electron chi connectivity index (χ0n) is 11.5. The Morgan fingerprint density at radius 1 is 1.30 bits per heavy atom. The van der Waals surface area contributed by atoms with Crippen LogP contribution in [0.15, 0.2) is 18.7 Å². The Hall–Kier alpha value is -1.85. The highest BCUT2D eigenvalue weighted by molar-refractivity contribution is 5.80. The van der Waals surface area contributed by atoms with Gasteiger partial charge >= 0.3 is 5.97 Å². The number of aromatic nitrogens is 2. The fourth-order valence-electron chi connectivity index (χ4n) is 2.64. The van der Waals surface area contributed by atoms with Crippen molar-refractivity contribution in [3.63, 3.8) is 0 Å². The van der Waals surface area contributed by atoms with Gasteiger partial charge in [0.25, 0.3) is 0 Å². The summed E-state index contributed by atoms with van der Waals surface area (Å²) in [6, 6.07) is 0. The zero-order chi connectivity index (χ0) is 14.4. The first kappa shape index (κ1) is 14.6. The molecule has 20 heavy (non-hydrogen) atoms. The van der Waals surface area contributed by atoms with Gasteiger partial charge in [-0.1, -0.05) is 0 Å². The van der Waals surface area contributed by atoms with Gasteiger partial charge in [0.1, 0.15) is 0 Å². The molecule has 6 nitrogen and oxygen atoms in total. The third-order valence-corrected chi connectivity index (χ3v) is 3.85. The first-order chi connectivity index (χ1) is 9.66. The highest BCUT2D eigenvalue weighted by atomic mass is 16.4. The lowest BCUT2D eigenvalue weighted by Crippen LogP contribution is -2.30. The van der Waals surface area contributed by atoms with Crippen LogP contribution in [0.1, 0.15) is 32.1 Å². The van der Waals surface area contributed by atoms with Gasteiger partial charge in [-0.05, 0) is 32.1 Å². The Kier molecular flexibility index (Phi) is 5.15. The number of imidazole rings is 1. The third kappa shape index (κ3) is 4.08. The second-order valence-electron chi connectivity index (χ2n) is 5.34. The molecule has 110 valence electrons. The second kappa shape index (κ2) is 7.07. The maximum Gasteiger partial charge on any atom is 0.306 e. The molecule has 0 bridgehead atoms. The number of carbonyl (C=O) groups excluding carboxylic acids is 1. The van der Waals surface area contributed by atoms with Crippen molar-refractivity contribution in [1.82, 2.24) is 14.9 Å². The van der Waals surface area contributed by atoms with Crippen LogP contribution in [0.3, 0.4) is 0 Å². The fourth-order valence-corrected chi connectivity index (χ4v) is 2.64. The molecule has 2 atom stereocenters. The van der Waals surface area contributed by atoms with Gasteiger partial charge in [0.15, 0.2) is 0 Å². The van der Waals surface area contributed by atoms with Crippen molar-refractivity contribution >= 4 is 11.9 Å². The van der Waals surface area contributed by atoms with Gasteiger partial charge in [-0.15, -0.1) is 0 Å². The molecule has 0 aromatic carbocycles. The lowest BCUT2D eigenvalue weighted by Gasteiger charge is -2.10. The first-order valence-corrected chi connectivity index (χ1v) is 7.13. The van der Waals surface area contributed by atoms with E-state index in [9.17, 15) is 9.59 Å². The normalized spacial score (nSPS) is 21.8. The minimum absolute atomic E-state index is 0.0105. The van der Waals surface area contributed by atoms with E-state index < -0.39 is 5.97 Å². The SMILES string of the molecule is O=C(O)C1CCC(C(=O)NCCCCn2ccnc2)C1. The maximum atomic E-state index is 11.9. The number of carboxylic acid groups (broad SMARTS) is 1. The molecule has 1 fully saturated rings. The topological polar surface area (TPSA) is 84.2 Å². The second-order valence-corrected chi connectivity index (χ2v) is 5.34. The molecule has 0 spiro atoms. The van der Waals surface area contributed by atoms with E-state index >= 15 is 0 Å². The summed E-state index contributed by atoms with van der Waals surface area (Å²) < 4.78 is 2.01. The summed E-state index contributed by atoms with van der Waals surface area (Å²) in [6.07, 6.45) is 9.15. The molecule has 0 aliphatic heterocycles. The summed E-state index contributed by atoms with van der Waals surface area (Å²) in [5.41, 5.74) is 0. The molecule has 1 aliphatic carbocycles. The van der Waals surface area contributed by atoms with E-state index in [0.29, 0.717) is 25.8 Å². The quantitative estimate of drug-likeness (QED) is 0.736. The summed E-state index contributed by atoms with van der Waals surface area (Å²) in [5.74, 6) is -1.23. The molecule has 1 heterocycles. The summed E-state index contributed by atoms with van der Waals surface area (Å²) >= 11 is 0. The molecule has 1 amide bonds. The van der Waals surface area contributed by atoms with Gasteiger partial charge in [-0.25, -0.2) is 4.98 Å². The number of nitrogens with one attached hydrogen (secondary N) is 1. The van der Waals surface area contributed by atoms with Crippen molar-refractivity contribution in [3.05, 3.63) is 18.7 Å². The van der Waals surface area contributed by atoms with Gasteiger partial charge in [0.05, 0.1) is 12.2 Å². The number of carbonyl (C=O) groups is 2. The number of amides is 1. The number of hydrogen-bond donors (Lipinski definition) is 2. The van der Waals surface area contributed by atoms with Crippen molar-refractivity contribution in [1.29, 1.82) is 0 Å². The van der Waals surface area contributed by atoms with Crippen molar-refractivity contribution in [2.45, 2.75) is 38.6 Å². The van der Waals surface area contributed by atoms with Gasteiger partial charge < -0.3 is 15.0 Å². The molecule has 1 aliphatic rings. The van der Waals surface area contributed by atoms with Gasteiger partial charge in [-0.3, -0.25) is 9.59 Å². The van der Waals surface area contributed by atoms with Crippen LogP contribution < -0.4 is 5.32 Å². The lowest BCUT2D eigenvalue weighted by molar-refractivity contribution is -0.141. The Balaban J connectivity index is 1.57. The van der Waals surface area contributed by atoms with Crippen LogP contribution >= 0.6 is 0 Å². The van der Waals surface area contributed by atoms with Crippen LogP contribution in [-0.4, -0.2) is 33.1 Å². The summed E-state index contributed by atoms with van der Waals surface area (Å²) in [5, 5.41) is 11.8. The highest BCUT2D eigenvalue weighted by Gasteiger charge is 2.33. The molecule has 2 N–H and O–H groups in total. The molecular formula is C14H21N3O3. The minimum atomic E-state index is -0.777. The molecule has 1 aromatic heterocycles. The average molecular weight is 279 g/mol. The number of hydrogen-bond acceptors (Lipinski definition) is 3. The molecule has 1 saturated carbocycles. The van der Waals surface area contributed by atoms with E-state index in [4.69, 9.17) is 5.11 Å². The summed E-state index contributed by atoms with van der Waals surface area (Å²) in [6.45, 7) is 1.56. The van der Waals surface area contributed by atoms with Crippen molar-refractivity contribution in [2.75, 3.05) is 6.54 Å². The molecule has 1 aromatic rings. The van der Waals surface area contributed by atoms with Gasteiger partial charge in [0, 0.05) is 31.4 Å². The van der Waals surface area contributed by atoms with Crippen LogP contribution in [0.2, 0.25) is 0 Å². The summed E-state index contributed by atoms with van der Waals surface area (Å²) in [7, 11) is 0. The van der Waals surface area contributed by atoms with Gasteiger partial charge in [-0.2, -0.15) is 0 Å². The maximum absolute atomic E-state index is 11.9. The Morgan fingerprint density at radius 2 is 2.10 bits per heavy atom. The van der Waals surface area contributed by atoms with Crippen LogP contribution in [0.25, 0.3) is 0 Å². The molecule has 0 radical (unpaired) electrons. The van der Waals surface area contributed by atoms with Crippen LogP contribution in [0, 0.1) is 11.8 Å². The number of rotatable bonds is 7. The van der Waals surface area contributed by atoms with E-state index in [-0.39, 0.29) is 17.7 Å². The number of carboxylic acids is 1. The van der Waals surface area contributed by atoms with E-state index in [1.807, 2.05) is 10.8 Å². The van der Waals surface area contributed by atoms with E-state index in [1.165, 1.54) is 0 Å². The van der Waals surface area contributed by atoms with Crippen molar-refractivity contribution in [2.24, 2.45) is 11.8 Å². The largest absolute Gasteiger partial charge is 0.481 e. The van der Waals surface area contributed by atoms with Crippen LogP contribution in [-0.2, 0) is 16.1 Å². The molecule has 0 saturated heterocycles. The number of nitrogens with zero attached hydrogens (tertiary/aromatic N) is 2. The van der Waals surface area contributed by atoms with E-state index in [0.717, 1.165) is 19.4 Å². The number of aryl methyl sites for hydroxylation is 1. The first-order valence-electron chi connectivity index (χ1n) is 7.13. The van der Waals surface area contributed by atoms with Crippen molar-refractivity contribution in [3.8, 4) is 0 Å². The average Bonchev–Trinajstić information content (AvgIpc) is 3.09. The predicted molar refractivity (Wildman–Crippen MR) is 72.9 cm³/mol. The molecule has 2 rings (SSSR count). The Morgan fingerprint density at radius 3 is 2.75 bits per heavy atom. The molecule has 6 heteroatoms. The Labute approximate surface area is 118 Å². The highest BCUT2D eigenvalue weighted by Crippen LogP contribution is 2.31. The smallest absolute Gasteiger partial charge is 0.306 e. The van der Waals surface area contributed by atoms with Gasteiger partial charge in [0.2, 0.25) is 5.91 Å².